The minimum absolute atomic E-state index is 0.0379. The lowest BCUT2D eigenvalue weighted by atomic mass is 9.97. The van der Waals surface area contributed by atoms with E-state index in [9.17, 15) is 13.2 Å². The summed E-state index contributed by atoms with van der Waals surface area (Å²) < 4.78 is 32.6. The third-order valence-corrected chi connectivity index (χ3v) is 7.17. The molecule has 3 rings (SSSR count). The van der Waals surface area contributed by atoms with Crippen LogP contribution in [-0.4, -0.2) is 38.3 Å². The minimum Gasteiger partial charge on any atom is -0.494 e. The monoisotopic (exact) mass is 416 g/mol. The summed E-state index contributed by atoms with van der Waals surface area (Å²) in [6, 6.07) is 14.2. The first-order valence-corrected chi connectivity index (χ1v) is 11.5. The number of anilines is 1. The maximum absolute atomic E-state index is 12.9. The van der Waals surface area contributed by atoms with E-state index < -0.39 is 10.0 Å². The highest BCUT2D eigenvalue weighted by Gasteiger charge is 2.32. The van der Waals surface area contributed by atoms with Gasteiger partial charge in [0.05, 0.1) is 11.5 Å². The van der Waals surface area contributed by atoms with Gasteiger partial charge in [0.2, 0.25) is 15.9 Å². The highest BCUT2D eigenvalue weighted by molar-refractivity contribution is 7.89. The number of aryl methyl sites for hydroxylation is 1. The third-order valence-electron chi connectivity index (χ3n) is 5.25. The first-order valence-electron chi connectivity index (χ1n) is 10.1. The van der Waals surface area contributed by atoms with Gasteiger partial charge in [-0.3, -0.25) is 4.79 Å². The van der Waals surface area contributed by atoms with E-state index >= 15 is 0 Å². The van der Waals surface area contributed by atoms with Gasteiger partial charge in [-0.1, -0.05) is 25.1 Å². The first kappa shape index (κ1) is 21.3. The lowest BCUT2D eigenvalue weighted by Gasteiger charge is -2.30. The number of rotatable bonds is 7. The normalized spacial score (nSPS) is 15.8. The molecule has 0 atom stereocenters. The Balaban J connectivity index is 1.61. The summed E-state index contributed by atoms with van der Waals surface area (Å²) in [5.41, 5.74) is 1.93. The molecule has 0 unspecified atom stereocenters. The number of hydrogen-bond acceptors (Lipinski definition) is 4. The molecule has 0 saturated carbocycles. The summed E-state index contributed by atoms with van der Waals surface area (Å²) in [6.07, 6.45) is 1.86. The maximum atomic E-state index is 12.9. The summed E-state index contributed by atoms with van der Waals surface area (Å²) in [4.78, 5) is 12.9. The SMILES string of the molecule is CCOc1ccc(S(=O)(=O)N2CCC(C(=O)Nc3ccccc3CC)CC2)cc1. The lowest BCUT2D eigenvalue weighted by molar-refractivity contribution is -0.120. The molecule has 2 aromatic carbocycles. The van der Waals surface area contributed by atoms with Gasteiger partial charge in [0.1, 0.15) is 5.75 Å². The number of ether oxygens (including phenoxy) is 1. The van der Waals surface area contributed by atoms with Gasteiger partial charge in [0.15, 0.2) is 0 Å². The molecule has 29 heavy (non-hydrogen) atoms. The van der Waals surface area contributed by atoms with Crippen molar-refractivity contribution in [2.24, 2.45) is 5.92 Å². The minimum atomic E-state index is -3.57. The van der Waals surface area contributed by atoms with Crippen LogP contribution in [0.3, 0.4) is 0 Å². The summed E-state index contributed by atoms with van der Waals surface area (Å²) in [5.74, 6) is 0.421. The van der Waals surface area contributed by atoms with Crippen LogP contribution in [0.15, 0.2) is 53.4 Å². The van der Waals surface area contributed by atoms with Crippen molar-refractivity contribution in [2.75, 3.05) is 25.0 Å². The fourth-order valence-electron chi connectivity index (χ4n) is 3.57. The molecule has 0 bridgehead atoms. The van der Waals surface area contributed by atoms with Crippen LogP contribution in [0.4, 0.5) is 5.69 Å². The van der Waals surface area contributed by atoms with E-state index in [0.717, 1.165) is 17.7 Å². The van der Waals surface area contributed by atoms with Crippen molar-refractivity contribution in [2.45, 2.75) is 38.0 Å². The van der Waals surface area contributed by atoms with Crippen LogP contribution < -0.4 is 10.1 Å². The molecule has 156 valence electrons. The van der Waals surface area contributed by atoms with Crippen molar-refractivity contribution in [3.63, 3.8) is 0 Å². The Morgan fingerprint density at radius 3 is 2.34 bits per heavy atom. The Kier molecular flexibility index (Phi) is 6.92. The molecule has 1 aliphatic heterocycles. The number of carbonyl (C=O) groups excluding carboxylic acids is 1. The van der Waals surface area contributed by atoms with Crippen molar-refractivity contribution in [1.29, 1.82) is 0 Å². The number of amides is 1. The van der Waals surface area contributed by atoms with Crippen LogP contribution in [0.2, 0.25) is 0 Å². The number of nitrogens with one attached hydrogen (secondary N) is 1. The second-order valence-electron chi connectivity index (χ2n) is 7.08. The second-order valence-corrected chi connectivity index (χ2v) is 9.02. The lowest BCUT2D eigenvalue weighted by Crippen LogP contribution is -2.41. The summed E-state index contributed by atoms with van der Waals surface area (Å²) in [7, 11) is -3.57. The average Bonchev–Trinajstić information content (AvgIpc) is 2.75. The van der Waals surface area contributed by atoms with Gasteiger partial charge >= 0.3 is 0 Å². The summed E-state index contributed by atoms with van der Waals surface area (Å²) in [6.45, 7) is 5.14. The topological polar surface area (TPSA) is 75.7 Å². The third kappa shape index (κ3) is 4.97. The highest BCUT2D eigenvalue weighted by Crippen LogP contribution is 2.26. The molecule has 0 aliphatic carbocycles. The summed E-state index contributed by atoms with van der Waals surface area (Å²) >= 11 is 0. The fraction of sp³-hybridized carbons (Fsp3) is 0.409. The van der Waals surface area contributed by atoms with Gasteiger partial charge in [0, 0.05) is 24.7 Å². The predicted molar refractivity (Wildman–Crippen MR) is 114 cm³/mol. The maximum Gasteiger partial charge on any atom is 0.243 e. The number of piperidine rings is 1. The van der Waals surface area contributed by atoms with Crippen molar-refractivity contribution < 1.29 is 17.9 Å². The molecule has 1 saturated heterocycles. The zero-order chi connectivity index (χ0) is 20.9. The van der Waals surface area contributed by atoms with Crippen LogP contribution in [0.5, 0.6) is 5.75 Å². The number of carbonyl (C=O) groups is 1. The quantitative estimate of drug-likeness (QED) is 0.747. The van der Waals surface area contributed by atoms with E-state index in [1.165, 1.54) is 4.31 Å². The van der Waals surface area contributed by atoms with Gasteiger partial charge in [-0.05, 0) is 62.1 Å². The largest absolute Gasteiger partial charge is 0.494 e. The Morgan fingerprint density at radius 1 is 1.07 bits per heavy atom. The van der Waals surface area contributed by atoms with Gasteiger partial charge in [-0.25, -0.2) is 8.42 Å². The molecule has 1 amide bonds. The second kappa shape index (κ2) is 9.41. The van der Waals surface area contributed by atoms with Crippen LogP contribution in [0.1, 0.15) is 32.3 Å². The number of para-hydroxylation sites is 1. The van der Waals surface area contributed by atoms with Gasteiger partial charge < -0.3 is 10.1 Å². The molecule has 0 aromatic heterocycles. The molecular weight excluding hydrogens is 388 g/mol. The van der Waals surface area contributed by atoms with Crippen LogP contribution in [0, 0.1) is 5.92 Å². The zero-order valence-electron chi connectivity index (χ0n) is 16.9. The van der Waals surface area contributed by atoms with Crippen molar-refractivity contribution in [3.8, 4) is 5.75 Å². The van der Waals surface area contributed by atoms with Crippen LogP contribution in [0.25, 0.3) is 0 Å². The molecule has 1 fully saturated rings. The van der Waals surface area contributed by atoms with Gasteiger partial charge in [-0.15, -0.1) is 0 Å². The zero-order valence-corrected chi connectivity index (χ0v) is 17.7. The number of nitrogens with zero attached hydrogens (tertiary/aromatic N) is 1. The van der Waals surface area contributed by atoms with Crippen molar-refractivity contribution in [3.05, 3.63) is 54.1 Å². The van der Waals surface area contributed by atoms with E-state index in [4.69, 9.17) is 4.74 Å². The van der Waals surface area contributed by atoms with Gasteiger partial charge in [-0.2, -0.15) is 4.31 Å². The van der Waals surface area contributed by atoms with Crippen LogP contribution in [-0.2, 0) is 21.2 Å². The Hall–Kier alpha value is -2.38. The fourth-order valence-corrected chi connectivity index (χ4v) is 5.04. The predicted octanol–water partition coefficient (Wildman–Crippen LogP) is 3.69. The standard InChI is InChI=1S/C22H28N2O4S/c1-3-17-7-5-6-8-21(17)23-22(25)18-13-15-24(16-14-18)29(26,27)20-11-9-19(10-12-20)28-4-2/h5-12,18H,3-4,13-16H2,1-2H3,(H,23,25). The van der Waals surface area contributed by atoms with E-state index in [1.54, 1.807) is 24.3 Å². The molecule has 2 aromatic rings. The summed E-state index contributed by atoms with van der Waals surface area (Å²) in [5, 5.41) is 3.01. The smallest absolute Gasteiger partial charge is 0.243 e. The molecule has 0 radical (unpaired) electrons. The molecule has 1 aliphatic rings. The van der Waals surface area contributed by atoms with Crippen molar-refractivity contribution in [1.82, 2.24) is 4.31 Å². The Labute approximate surface area is 172 Å². The molecule has 1 heterocycles. The Morgan fingerprint density at radius 2 is 1.72 bits per heavy atom. The van der Waals surface area contributed by atoms with E-state index in [-0.39, 0.29) is 16.7 Å². The molecule has 6 nitrogen and oxygen atoms in total. The molecule has 0 spiro atoms. The number of hydrogen-bond donors (Lipinski definition) is 1. The van der Waals surface area contributed by atoms with E-state index in [0.29, 0.717) is 38.3 Å². The number of benzene rings is 2. The first-order chi connectivity index (χ1) is 14.0. The Bertz CT molecular complexity index is 934. The van der Waals surface area contributed by atoms with E-state index in [2.05, 4.69) is 12.2 Å². The average molecular weight is 417 g/mol. The molecule has 7 heteroatoms. The van der Waals surface area contributed by atoms with Gasteiger partial charge in [0.25, 0.3) is 0 Å². The van der Waals surface area contributed by atoms with Crippen molar-refractivity contribution >= 4 is 21.6 Å². The number of sulfonamides is 1. The highest BCUT2D eigenvalue weighted by atomic mass is 32.2. The molecule has 1 N–H and O–H groups in total. The molecular formula is C22H28N2O4S. The van der Waals surface area contributed by atoms with E-state index in [1.807, 2.05) is 31.2 Å². The van der Waals surface area contributed by atoms with Crippen LogP contribution >= 0.6 is 0 Å².